The Balaban J connectivity index is 4.40. The molecule has 6 nitrogen and oxygen atoms in total. The van der Waals surface area contributed by atoms with Crippen LogP contribution in [0.2, 0.25) is 0 Å². The first-order chi connectivity index (χ1) is 41.0. The Bertz CT molecular complexity index is 1840. The first-order valence-electron chi connectivity index (χ1n) is 34.0. The normalized spacial score (nSPS) is 13.1. The van der Waals surface area contributed by atoms with E-state index in [1.54, 1.807) is 0 Å². The second kappa shape index (κ2) is 69.5. The average Bonchev–Trinajstić information content (AvgIpc) is 3.49. The number of carbonyl (C=O) groups excluding carboxylic acids is 3. The van der Waals surface area contributed by atoms with Gasteiger partial charge in [0, 0.05) is 19.3 Å². The fourth-order valence-electron chi connectivity index (χ4n) is 8.97. The van der Waals surface area contributed by atoms with Crippen LogP contribution in [-0.2, 0) is 28.6 Å². The van der Waals surface area contributed by atoms with Crippen molar-refractivity contribution in [3.63, 3.8) is 0 Å². The number of esters is 3. The van der Waals surface area contributed by atoms with E-state index in [0.29, 0.717) is 19.3 Å². The Labute approximate surface area is 511 Å². The van der Waals surface area contributed by atoms with Gasteiger partial charge in [0.05, 0.1) is 0 Å². The standard InChI is InChI=1S/C77H124O6/c1-4-7-10-13-16-19-22-25-28-31-32-33-34-35-36-37-38-39-40-41-42-43-44-47-49-52-55-58-61-64-67-70-76(79)82-73-74(83-77(80)71-68-65-62-59-56-53-50-46-30-27-24-21-18-15-12-9-6-3)72-81-75(78)69-66-63-60-57-54-51-48-45-29-26-23-20-17-14-11-8-5-2/h7,9-10,12,16-21,25-30,32-33,35-36,38-39,41-42,44,47,74H,4-6,8,11,13-15,22-24,31,34,37,40,43,45-46,48-73H2,1-3H3/b10-7-,12-9-,19-16-,20-17-,21-18-,28-25-,29-26-,30-27-,33-32-,36-35-,39-38-,42-41-,47-44-. The topological polar surface area (TPSA) is 78.9 Å². The van der Waals surface area contributed by atoms with Gasteiger partial charge in [0.1, 0.15) is 13.2 Å². The molecule has 1 atom stereocenters. The van der Waals surface area contributed by atoms with Crippen LogP contribution in [0.4, 0.5) is 0 Å². The summed E-state index contributed by atoms with van der Waals surface area (Å²) < 4.78 is 16.9. The molecule has 83 heavy (non-hydrogen) atoms. The molecule has 0 rings (SSSR count). The summed E-state index contributed by atoms with van der Waals surface area (Å²) in [6.45, 7) is 6.37. The molecule has 0 heterocycles. The van der Waals surface area contributed by atoms with Crippen LogP contribution in [0.25, 0.3) is 0 Å². The molecule has 1 unspecified atom stereocenters. The van der Waals surface area contributed by atoms with Gasteiger partial charge >= 0.3 is 17.9 Å². The lowest BCUT2D eigenvalue weighted by Crippen LogP contribution is -2.30. The van der Waals surface area contributed by atoms with E-state index in [2.05, 4.69) is 179 Å². The fourth-order valence-corrected chi connectivity index (χ4v) is 8.97. The van der Waals surface area contributed by atoms with Crippen molar-refractivity contribution in [1.29, 1.82) is 0 Å². The minimum Gasteiger partial charge on any atom is -0.462 e. The highest BCUT2D eigenvalue weighted by molar-refractivity contribution is 5.71. The average molecular weight is 1150 g/mol. The molecule has 0 aliphatic carbocycles. The summed E-state index contributed by atoms with van der Waals surface area (Å²) in [7, 11) is 0. The van der Waals surface area contributed by atoms with Crippen molar-refractivity contribution in [1.82, 2.24) is 0 Å². The second-order valence-electron chi connectivity index (χ2n) is 22.0. The molecule has 0 aliphatic heterocycles. The van der Waals surface area contributed by atoms with E-state index in [4.69, 9.17) is 14.2 Å². The molecular formula is C77H124O6. The molecule has 468 valence electrons. The van der Waals surface area contributed by atoms with Crippen LogP contribution in [0.15, 0.2) is 158 Å². The molecule has 0 aromatic carbocycles. The summed E-state index contributed by atoms with van der Waals surface area (Å²) in [6.07, 6.45) is 101. The second-order valence-corrected chi connectivity index (χ2v) is 22.0. The minimum atomic E-state index is -0.802. The molecule has 0 saturated carbocycles. The Kier molecular flexibility index (Phi) is 65.4. The van der Waals surface area contributed by atoms with E-state index >= 15 is 0 Å². The maximum absolute atomic E-state index is 12.9. The van der Waals surface area contributed by atoms with E-state index < -0.39 is 6.10 Å². The van der Waals surface area contributed by atoms with Crippen LogP contribution in [-0.4, -0.2) is 37.2 Å². The first-order valence-corrected chi connectivity index (χ1v) is 34.0. The van der Waals surface area contributed by atoms with E-state index in [1.807, 2.05) is 0 Å². The van der Waals surface area contributed by atoms with Crippen molar-refractivity contribution < 1.29 is 28.6 Å². The fraction of sp³-hybridized carbons (Fsp3) is 0.623. The van der Waals surface area contributed by atoms with Gasteiger partial charge in [-0.2, -0.15) is 0 Å². The molecule has 0 amide bonds. The highest BCUT2D eigenvalue weighted by Gasteiger charge is 2.19. The molecule has 0 fully saturated rings. The Morgan fingerprint density at radius 2 is 0.470 bits per heavy atom. The molecule has 0 saturated heterocycles. The van der Waals surface area contributed by atoms with E-state index in [0.717, 1.165) is 161 Å². The third kappa shape index (κ3) is 67.7. The largest absolute Gasteiger partial charge is 0.462 e. The molecule has 0 aromatic rings. The smallest absolute Gasteiger partial charge is 0.306 e. The van der Waals surface area contributed by atoms with E-state index in [9.17, 15) is 14.4 Å². The van der Waals surface area contributed by atoms with E-state index in [-0.39, 0.29) is 31.1 Å². The van der Waals surface area contributed by atoms with Gasteiger partial charge in [-0.1, -0.05) is 281 Å². The highest BCUT2D eigenvalue weighted by atomic mass is 16.6. The summed E-state index contributed by atoms with van der Waals surface area (Å²) in [6, 6.07) is 0. The summed E-state index contributed by atoms with van der Waals surface area (Å²) in [5, 5.41) is 0. The number of hydrogen-bond donors (Lipinski definition) is 0. The molecule has 0 radical (unpaired) electrons. The molecule has 0 aliphatic rings. The quantitative estimate of drug-likeness (QED) is 0.0261. The highest BCUT2D eigenvalue weighted by Crippen LogP contribution is 2.15. The van der Waals surface area contributed by atoms with Crippen molar-refractivity contribution in [3.05, 3.63) is 158 Å². The van der Waals surface area contributed by atoms with Gasteiger partial charge in [-0.25, -0.2) is 0 Å². The van der Waals surface area contributed by atoms with Crippen molar-refractivity contribution >= 4 is 17.9 Å². The number of carbonyl (C=O) groups is 3. The summed E-state index contributed by atoms with van der Waals surface area (Å²) in [4.78, 5) is 38.4. The summed E-state index contributed by atoms with van der Waals surface area (Å²) in [5.41, 5.74) is 0. The van der Waals surface area contributed by atoms with Crippen molar-refractivity contribution in [2.24, 2.45) is 0 Å². The van der Waals surface area contributed by atoms with Crippen LogP contribution in [0.1, 0.15) is 290 Å². The summed E-state index contributed by atoms with van der Waals surface area (Å²) in [5.74, 6) is -0.927. The van der Waals surface area contributed by atoms with Crippen LogP contribution in [0.3, 0.4) is 0 Å². The number of allylic oxidation sites excluding steroid dienone is 26. The third-order valence-corrected chi connectivity index (χ3v) is 14.0. The molecule has 6 heteroatoms. The number of unbranched alkanes of at least 4 members (excludes halogenated alkanes) is 23. The lowest BCUT2D eigenvalue weighted by molar-refractivity contribution is -0.167. The zero-order valence-corrected chi connectivity index (χ0v) is 53.7. The number of ether oxygens (including phenoxy) is 3. The van der Waals surface area contributed by atoms with Gasteiger partial charge in [0.2, 0.25) is 0 Å². The maximum atomic E-state index is 12.9. The van der Waals surface area contributed by atoms with Gasteiger partial charge in [-0.05, 0) is 148 Å². The van der Waals surface area contributed by atoms with Gasteiger partial charge in [0.15, 0.2) is 6.10 Å². The maximum Gasteiger partial charge on any atom is 0.306 e. The predicted octanol–water partition coefficient (Wildman–Crippen LogP) is 23.7. The lowest BCUT2D eigenvalue weighted by Gasteiger charge is -2.18. The number of rotatable bonds is 60. The van der Waals surface area contributed by atoms with Crippen LogP contribution in [0.5, 0.6) is 0 Å². The summed E-state index contributed by atoms with van der Waals surface area (Å²) >= 11 is 0. The predicted molar refractivity (Wildman–Crippen MR) is 362 cm³/mol. The zero-order valence-electron chi connectivity index (χ0n) is 53.7. The van der Waals surface area contributed by atoms with Crippen LogP contribution < -0.4 is 0 Å². The molecular weight excluding hydrogens is 1020 g/mol. The third-order valence-electron chi connectivity index (χ3n) is 14.0. The Morgan fingerprint density at radius 3 is 0.735 bits per heavy atom. The van der Waals surface area contributed by atoms with E-state index in [1.165, 1.54) is 89.9 Å². The molecule has 0 spiro atoms. The molecule has 0 aromatic heterocycles. The van der Waals surface area contributed by atoms with Crippen molar-refractivity contribution in [2.45, 2.75) is 297 Å². The molecule has 0 N–H and O–H groups in total. The first kappa shape index (κ1) is 78.0. The lowest BCUT2D eigenvalue weighted by atomic mass is 10.1. The number of hydrogen-bond acceptors (Lipinski definition) is 6. The Morgan fingerprint density at radius 1 is 0.253 bits per heavy atom. The molecule has 0 bridgehead atoms. The van der Waals surface area contributed by atoms with Crippen LogP contribution in [0, 0.1) is 0 Å². The van der Waals surface area contributed by atoms with Crippen molar-refractivity contribution in [2.75, 3.05) is 13.2 Å². The van der Waals surface area contributed by atoms with Crippen LogP contribution >= 0.6 is 0 Å². The Hall–Kier alpha value is -4.97. The minimum absolute atomic E-state index is 0.0962. The van der Waals surface area contributed by atoms with Gasteiger partial charge in [-0.3, -0.25) is 14.4 Å². The van der Waals surface area contributed by atoms with Gasteiger partial charge in [-0.15, -0.1) is 0 Å². The van der Waals surface area contributed by atoms with Crippen molar-refractivity contribution in [3.8, 4) is 0 Å². The van der Waals surface area contributed by atoms with Gasteiger partial charge < -0.3 is 14.2 Å². The monoisotopic (exact) mass is 1140 g/mol. The SMILES string of the molecule is CC/C=C\C/C=C\C/C=C\C/C=C\C/C=C\C/C=C\C/C=C\C/C=C\CCCCCCCCC(=O)OCC(COC(=O)CCCCCCCCC/C=C\C/C=C\CCCCC)OC(=O)CCCCCCCCC/C=C\C/C=C\C/C=C\CC. The van der Waals surface area contributed by atoms with Gasteiger partial charge in [0.25, 0.3) is 0 Å². The zero-order chi connectivity index (χ0) is 59.9.